The van der Waals surface area contributed by atoms with Gasteiger partial charge in [0.1, 0.15) is 0 Å². The molecule has 0 radical (unpaired) electrons. The zero-order valence-electron chi connectivity index (χ0n) is 14.4. The van der Waals surface area contributed by atoms with E-state index in [4.69, 9.17) is 9.47 Å². The minimum absolute atomic E-state index is 0.263. The maximum absolute atomic E-state index is 12.5. The second-order valence-electron chi connectivity index (χ2n) is 6.30. The van der Waals surface area contributed by atoms with Crippen LogP contribution in [0.5, 0.6) is 0 Å². The van der Waals surface area contributed by atoms with Crippen LogP contribution in [0.1, 0.15) is 51.5 Å². The first-order valence-corrected chi connectivity index (χ1v) is 8.93. The third-order valence-electron chi connectivity index (χ3n) is 4.78. The number of ether oxygens (including phenoxy) is 2. The number of fused-ring (bicyclic) bond motifs is 1. The van der Waals surface area contributed by atoms with Crippen LogP contribution >= 0.6 is 0 Å². The molecule has 2 atom stereocenters. The number of amides is 2. The van der Waals surface area contributed by atoms with Crippen LogP contribution in [0.15, 0.2) is 30.3 Å². The lowest BCUT2D eigenvalue weighted by atomic mass is 9.94. The van der Waals surface area contributed by atoms with E-state index in [1.54, 1.807) is 0 Å². The van der Waals surface area contributed by atoms with Gasteiger partial charge in [0.05, 0.1) is 6.54 Å². The van der Waals surface area contributed by atoms with E-state index in [1.165, 1.54) is 4.90 Å². The number of likely N-dealkylation sites (tertiary alicyclic amines) is 1. The molecule has 1 saturated carbocycles. The molecule has 4 rings (SSSR count). The Kier molecular flexibility index (Phi) is 5.01. The maximum atomic E-state index is 12.5. The summed E-state index contributed by atoms with van der Waals surface area (Å²) in [6, 6.07) is 9.50. The highest BCUT2D eigenvalue weighted by atomic mass is 16.8. The molecule has 1 aromatic carbocycles. The third-order valence-corrected chi connectivity index (χ3v) is 4.78. The molecule has 2 aliphatic heterocycles. The molecule has 2 unspecified atom stereocenters. The van der Waals surface area contributed by atoms with Crippen LogP contribution in [0.2, 0.25) is 0 Å². The van der Waals surface area contributed by atoms with Crippen LogP contribution in [-0.4, -0.2) is 34.7 Å². The van der Waals surface area contributed by atoms with Crippen molar-refractivity contribution in [2.75, 3.05) is 0 Å². The summed E-state index contributed by atoms with van der Waals surface area (Å²) < 4.78 is 11.9. The van der Waals surface area contributed by atoms with Crippen molar-refractivity contribution in [3.8, 4) is 0 Å². The Bertz CT molecular complexity index is 569. The summed E-state index contributed by atoms with van der Waals surface area (Å²) in [4.78, 5) is 26.3. The summed E-state index contributed by atoms with van der Waals surface area (Å²) in [5, 5.41) is 0. The molecule has 2 saturated heterocycles. The van der Waals surface area contributed by atoms with Crippen molar-refractivity contribution in [1.29, 1.82) is 0 Å². The van der Waals surface area contributed by atoms with Crippen molar-refractivity contribution in [1.82, 2.24) is 4.90 Å². The molecule has 2 heterocycles. The Morgan fingerprint density at radius 1 is 0.958 bits per heavy atom. The van der Waals surface area contributed by atoms with E-state index in [0.717, 1.165) is 37.7 Å². The average molecular weight is 331 g/mol. The number of nitrogens with zero attached hydrogens (tertiary/aromatic N) is 1. The molecule has 0 N–H and O–H groups in total. The number of benzene rings is 1. The van der Waals surface area contributed by atoms with Gasteiger partial charge in [-0.05, 0) is 18.4 Å². The Morgan fingerprint density at radius 2 is 1.50 bits per heavy atom. The van der Waals surface area contributed by atoms with Gasteiger partial charge in [-0.15, -0.1) is 0 Å². The van der Waals surface area contributed by atoms with Crippen LogP contribution in [-0.2, 0) is 25.6 Å². The molecular formula is C19H25NO4. The first-order valence-electron chi connectivity index (χ1n) is 8.93. The quantitative estimate of drug-likeness (QED) is 0.782. The minimum Gasteiger partial charge on any atom is -0.333 e. The van der Waals surface area contributed by atoms with Crippen LogP contribution < -0.4 is 0 Å². The number of carbonyl (C=O) groups excluding carboxylic acids is 2. The van der Waals surface area contributed by atoms with Crippen molar-refractivity contribution in [2.24, 2.45) is 0 Å². The largest absolute Gasteiger partial charge is 0.333 e. The molecule has 130 valence electrons. The summed E-state index contributed by atoms with van der Waals surface area (Å²) in [6.07, 6.45) is 3.25. The Hall–Kier alpha value is -1.72. The van der Waals surface area contributed by atoms with E-state index in [2.05, 4.69) is 0 Å². The number of hydrogen-bond acceptors (Lipinski definition) is 4. The molecule has 2 amide bonds. The molecule has 0 bridgehead atoms. The van der Waals surface area contributed by atoms with Gasteiger partial charge in [0.2, 0.25) is 0 Å². The summed E-state index contributed by atoms with van der Waals surface area (Å²) in [6.45, 7) is 4.28. The summed E-state index contributed by atoms with van der Waals surface area (Å²) in [5.41, 5.74) is 0.927. The van der Waals surface area contributed by atoms with Gasteiger partial charge in [0.25, 0.3) is 11.8 Å². The number of hydrogen-bond donors (Lipinski definition) is 0. The molecule has 1 aromatic rings. The van der Waals surface area contributed by atoms with Gasteiger partial charge >= 0.3 is 0 Å². The topological polar surface area (TPSA) is 55.8 Å². The van der Waals surface area contributed by atoms with Crippen molar-refractivity contribution in [3.05, 3.63) is 35.9 Å². The van der Waals surface area contributed by atoms with E-state index in [-0.39, 0.29) is 18.4 Å². The lowest BCUT2D eigenvalue weighted by molar-refractivity contribution is -0.205. The molecule has 24 heavy (non-hydrogen) atoms. The van der Waals surface area contributed by atoms with Crippen LogP contribution in [0.4, 0.5) is 0 Å². The first-order chi connectivity index (χ1) is 11.7. The van der Waals surface area contributed by atoms with Gasteiger partial charge in [0.15, 0.2) is 18.0 Å². The highest BCUT2D eigenvalue weighted by Gasteiger charge is 2.60. The lowest BCUT2D eigenvalue weighted by Crippen LogP contribution is -2.40. The lowest BCUT2D eigenvalue weighted by Gasteiger charge is -2.32. The van der Waals surface area contributed by atoms with Gasteiger partial charge in [-0.1, -0.05) is 50.6 Å². The maximum Gasteiger partial charge on any atom is 0.262 e. The van der Waals surface area contributed by atoms with E-state index in [0.29, 0.717) is 0 Å². The molecule has 3 fully saturated rings. The summed E-state index contributed by atoms with van der Waals surface area (Å²) in [7, 11) is 0. The van der Waals surface area contributed by atoms with Gasteiger partial charge < -0.3 is 9.47 Å². The van der Waals surface area contributed by atoms with Crippen molar-refractivity contribution >= 4 is 11.8 Å². The first kappa shape index (κ1) is 17.1. The highest BCUT2D eigenvalue weighted by Crippen LogP contribution is 2.43. The fourth-order valence-corrected chi connectivity index (χ4v) is 3.64. The normalized spacial score (nSPS) is 27.8. The highest BCUT2D eigenvalue weighted by molar-refractivity contribution is 6.08. The molecule has 3 aliphatic rings. The second-order valence-corrected chi connectivity index (χ2v) is 6.30. The van der Waals surface area contributed by atoms with Gasteiger partial charge in [-0.2, -0.15) is 0 Å². The fourth-order valence-electron chi connectivity index (χ4n) is 3.64. The van der Waals surface area contributed by atoms with Crippen molar-refractivity contribution in [2.45, 2.75) is 70.5 Å². The minimum atomic E-state index is -0.755. The fraction of sp³-hybridized carbons (Fsp3) is 0.579. The molecule has 1 aliphatic carbocycles. The van der Waals surface area contributed by atoms with Crippen LogP contribution in [0, 0.1) is 0 Å². The number of carbonyl (C=O) groups is 2. The van der Waals surface area contributed by atoms with Crippen LogP contribution in [0.3, 0.4) is 0 Å². The molecule has 1 spiro atoms. The predicted molar refractivity (Wildman–Crippen MR) is 88.9 cm³/mol. The van der Waals surface area contributed by atoms with E-state index >= 15 is 0 Å². The molecule has 5 heteroatoms. The Labute approximate surface area is 142 Å². The summed E-state index contributed by atoms with van der Waals surface area (Å²) in [5.74, 6) is -1.22. The standard InChI is InChI=1S/C17H19NO4.C2H6/c19-15-13-14(22-17(21-13)9-5-2-6-10-17)16(20)18(15)11-12-7-3-1-4-8-12;1-2/h1,3-4,7-8,13-14H,2,5-6,9-11H2;1-2H3. The van der Waals surface area contributed by atoms with E-state index in [1.807, 2.05) is 44.2 Å². The zero-order valence-corrected chi connectivity index (χ0v) is 14.4. The zero-order chi connectivity index (χ0) is 17.2. The van der Waals surface area contributed by atoms with Gasteiger partial charge in [0, 0.05) is 12.8 Å². The number of imide groups is 1. The monoisotopic (exact) mass is 331 g/mol. The van der Waals surface area contributed by atoms with Crippen molar-refractivity contribution < 1.29 is 19.1 Å². The molecule has 5 nitrogen and oxygen atoms in total. The second kappa shape index (κ2) is 7.03. The van der Waals surface area contributed by atoms with Crippen molar-refractivity contribution in [3.63, 3.8) is 0 Å². The van der Waals surface area contributed by atoms with Gasteiger partial charge in [-0.25, -0.2) is 0 Å². The average Bonchev–Trinajstić information content (AvgIpc) is 3.09. The number of rotatable bonds is 2. The molecule has 0 aromatic heterocycles. The third kappa shape index (κ3) is 2.98. The van der Waals surface area contributed by atoms with E-state index in [9.17, 15) is 9.59 Å². The summed E-state index contributed by atoms with van der Waals surface area (Å²) >= 11 is 0. The Balaban J connectivity index is 0.000000815. The predicted octanol–water partition coefficient (Wildman–Crippen LogP) is 3.03. The van der Waals surface area contributed by atoms with Crippen LogP contribution in [0.25, 0.3) is 0 Å². The smallest absolute Gasteiger partial charge is 0.262 e. The SMILES string of the molecule is CC.O=C1C2OC3(CCCCC3)OC2C(=O)N1Cc1ccccc1. The molecular weight excluding hydrogens is 306 g/mol. The Morgan fingerprint density at radius 3 is 2.04 bits per heavy atom. The van der Waals surface area contributed by atoms with Gasteiger partial charge in [-0.3, -0.25) is 14.5 Å². The van der Waals surface area contributed by atoms with E-state index < -0.39 is 18.0 Å².